The van der Waals surface area contributed by atoms with Crippen molar-refractivity contribution in [2.24, 2.45) is 5.73 Å². The zero-order chi connectivity index (χ0) is 45.4. The van der Waals surface area contributed by atoms with E-state index in [9.17, 15) is 43.8 Å². The quantitative estimate of drug-likeness (QED) is 0.0629. The molecule has 19 nitrogen and oxygen atoms in total. The lowest BCUT2D eigenvalue weighted by molar-refractivity contribution is -0.139. The Balaban J connectivity index is 1.22. The summed E-state index contributed by atoms with van der Waals surface area (Å²) in [7, 11) is 1.42. The third kappa shape index (κ3) is 11.2. The van der Waals surface area contributed by atoms with Crippen molar-refractivity contribution in [2.45, 2.75) is 81.8 Å². The minimum Gasteiger partial charge on any atom is -0.480 e. The maximum Gasteiger partial charge on any atom is 0.330 e. The van der Waals surface area contributed by atoms with Gasteiger partial charge in [-0.25, -0.2) is 14.4 Å². The summed E-state index contributed by atoms with van der Waals surface area (Å²) in [4.78, 5) is 98.0. The van der Waals surface area contributed by atoms with Crippen molar-refractivity contribution in [1.82, 2.24) is 40.7 Å². The number of fused-ring (bicyclic) bond motifs is 1. The van der Waals surface area contributed by atoms with Gasteiger partial charge < -0.3 is 51.8 Å². The topological polar surface area (TPSA) is 283 Å². The van der Waals surface area contributed by atoms with Gasteiger partial charge in [-0.2, -0.15) is 0 Å². The van der Waals surface area contributed by atoms with Gasteiger partial charge in [-0.15, -0.1) is 0 Å². The van der Waals surface area contributed by atoms with Gasteiger partial charge >= 0.3 is 17.7 Å². The number of aromatic amines is 2. The first-order chi connectivity index (χ1) is 30.1. The minimum absolute atomic E-state index is 0.00597. The molecule has 1 fully saturated rings. The number of nitrogens with two attached hydrogens (primary N) is 1. The molecule has 0 spiro atoms. The number of ether oxygens (including phenoxy) is 1. The molecule has 6 rings (SSSR count). The van der Waals surface area contributed by atoms with Gasteiger partial charge in [0, 0.05) is 62.2 Å². The molecule has 5 aromatic rings. The number of para-hydroxylation sites is 1. The van der Waals surface area contributed by atoms with Crippen LogP contribution in [0.3, 0.4) is 0 Å². The largest absolute Gasteiger partial charge is 0.480 e. The third-order valence-corrected chi connectivity index (χ3v) is 11.0. The molecule has 0 saturated carbocycles. The van der Waals surface area contributed by atoms with E-state index in [2.05, 4.69) is 31.2 Å². The first-order valence-corrected chi connectivity index (χ1v) is 20.3. The molecule has 3 heterocycles. The lowest BCUT2D eigenvalue weighted by Gasteiger charge is -2.34. The number of hydrogen-bond acceptors (Lipinski definition) is 10. The molecule has 10 N–H and O–H groups in total. The number of amides is 5. The summed E-state index contributed by atoms with van der Waals surface area (Å²) in [6, 6.07) is 18.1. The van der Waals surface area contributed by atoms with Crippen molar-refractivity contribution in [3.8, 4) is 11.1 Å². The van der Waals surface area contributed by atoms with Gasteiger partial charge in [0.1, 0.15) is 24.2 Å². The number of carboxylic acid groups (broad SMARTS) is 1. The van der Waals surface area contributed by atoms with Crippen LogP contribution in [0.25, 0.3) is 22.0 Å². The summed E-state index contributed by atoms with van der Waals surface area (Å²) in [6.07, 6.45) is -0.477. The highest BCUT2D eigenvalue weighted by Crippen LogP contribution is 2.27. The molecule has 2 aromatic heterocycles. The first kappa shape index (κ1) is 45.4. The van der Waals surface area contributed by atoms with Crippen LogP contribution in [0.1, 0.15) is 37.6 Å². The lowest BCUT2D eigenvalue weighted by atomic mass is 9.99. The molecule has 63 heavy (non-hydrogen) atoms. The minimum atomic E-state index is -1.45. The summed E-state index contributed by atoms with van der Waals surface area (Å²) in [5.74, 6) is -3.44. The molecule has 0 radical (unpaired) electrons. The highest BCUT2D eigenvalue weighted by molar-refractivity contribution is 5.94. The average molecular weight is 866 g/mol. The summed E-state index contributed by atoms with van der Waals surface area (Å²) in [5, 5.41) is 32.1. The smallest absolute Gasteiger partial charge is 0.330 e. The van der Waals surface area contributed by atoms with Crippen LogP contribution in [0.4, 0.5) is 4.79 Å². The van der Waals surface area contributed by atoms with Crippen LogP contribution in [0.5, 0.6) is 0 Å². The number of benzene rings is 3. The van der Waals surface area contributed by atoms with Gasteiger partial charge in [0.15, 0.2) is 6.23 Å². The van der Waals surface area contributed by atoms with E-state index >= 15 is 0 Å². The Morgan fingerprint density at radius 3 is 2.22 bits per heavy atom. The Kier molecular flexibility index (Phi) is 14.6. The Bertz CT molecular complexity index is 2540. The van der Waals surface area contributed by atoms with Crippen LogP contribution in [0.2, 0.25) is 0 Å². The van der Waals surface area contributed by atoms with Crippen molar-refractivity contribution >= 4 is 40.6 Å². The number of carbonyl (C=O) groups excluding carboxylic acids is 4. The van der Waals surface area contributed by atoms with E-state index in [1.54, 1.807) is 18.3 Å². The van der Waals surface area contributed by atoms with Crippen LogP contribution in [-0.2, 0) is 36.8 Å². The van der Waals surface area contributed by atoms with Gasteiger partial charge in [-0.1, -0.05) is 72.8 Å². The highest BCUT2D eigenvalue weighted by Gasteiger charge is 2.38. The second-order valence-corrected chi connectivity index (χ2v) is 15.6. The molecule has 5 amide bonds. The zero-order valence-corrected chi connectivity index (χ0v) is 34.8. The average Bonchev–Trinajstić information content (AvgIpc) is 3.85. The number of nitrogens with one attached hydrogen (secondary N) is 6. The number of hydrogen-bond donors (Lipinski definition) is 9. The number of nitrogens with zero attached hydrogens (tertiary/aromatic N) is 2. The SMILES string of the molecule is C[C@@H](N)C(=O)N(C)[C@@H](C)[C@H](NC(=O)[C@@H](Cc1ccc(-c2ccccc2)cc1)NC(=O)N[C@@H](Cc1c[nH]c2ccccc12)C(=O)O)C(=O)NC[C@H]1C[C@@H](O)[C@H](n2ccc(=O)[nH]c2=O)O1. The van der Waals surface area contributed by atoms with Gasteiger partial charge in [0.2, 0.25) is 17.7 Å². The Labute approximate surface area is 361 Å². The predicted molar refractivity (Wildman–Crippen MR) is 231 cm³/mol. The van der Waals surface area contributed by atoms with E-state index in [-0.39, 0.29) is 25.8 Å². The fourth-order valence-corrected chi connectivity index (χ4v) is 7.46. The number of rotatable bonds is 17. The number of carbonyl (C=O) groups is 5. The standard InChI is InChI=1S/C44H51N9O10/c1-24(45)40(58)52(3)25(2)37(39(57)47-23-30-21-35(54)41(63-30)53-18-17-36(55)50-44(53)62)51-38(56)33(19-26-13-15-28(16-14-26)27-9-5-4-6-10-27)48-43(61)49-34(42(59)60)20-29-22-46-32-12-8-7-11-31(29)32/h4-18,22,24-25,30,33-35,37,41,46,54H,19-21,23,45H2,1-3H3,(H,47,57)(H,51,56)(H,59,60)(H2,48,49,61)(H,50,55,62)/t24-,25+,30-,33-,34+,35-,37+,41-/m1/s1. The molecule has 19 heteroatoms. The number of aliphatic hydroxyl groups is 1. The summed E-state index contributed by atoms with van der Waals surface area (Å²) < 4.78 is 6.89. The maximum absolute atomic E-state index is 14.4. The Morgan fingerprint density at radius 2 is 1.54 bits per heavy atom. The van der Waals surface area contributed by atoms with E-state index in [4.69, 9.17) is 10.5 Å². The van der Waals surface area contributed by atoms with Crippen LogP contribution in [-0.4, -0.2) is 115 Å². The molecule has 0 bridgehead atoms. The van der Waals surface area contributed by atoms with E-state index in [1.165, 1.54) is 32.0 Å². The van der Waals surface area contributed by atoms with Crippen molar-refractivity contribution < 1.29 is 38.9 Å². The molecular formula is C44H51N9O10. The fourth-order valence-electron chi connectivity index (χ4n) is 7.46. The monoisotopic (exact) mass is 865 g/mol. The molecule has 3 aromatic carbocycles. The predicted octanol–water partition coefficient (Wildman–Crippen LogP) is 0.735. The van der Waals surface area contributed by atoms with E-state index in [1.807, 2.05) is 66.7 Å². The Morgan fingerprint density at radius 1 is 0.873 bits per heavy atom. The lowest BCUT2D eigenvalue weighted by Crippen LogP contribution is -2.63. The number of aromatic nitrogens is 3. The van der Waals surface area contributed by atoms with E-state index in [0.717, 1.165) is 32.7 Å². The van der Waals surface area contributed by atoms with Crippen LogP contribution in [0, 0.1) is 0 Å². The number of likely N-dealkylation sites (N-methyl/N-ethyl adjacent to an activating group) is 1. The maximum atomic E-state index is 14.4. The molecule has 8 atom stereocenters. The van der Waals surface area contributed by atoms with Crippen molar-refractivity contribution in [1.29, 1.82) is 0 Å². The van der Waals surface area contributed by atoms with Crippen molar-refractivity contribution in [3.63, 3.8) is 0 Å². The third-order valence-electron chi connectivity index (χ3n) is 11.0. The van der Waals surface area contributed by atoms with Crippen LogP contribution >= 0.6 is 0 Å². The molecule has 332 valence electrons. The summed E-state index contributed by atoms with van der Waals surface area (Å²) >= 11 is 0. The van der Waals surface area contributed by atoms with E-state index in [0.29, 0.717) is 11.1 Å². The van der Waals surface area contributed by atoms with Crippen molar-refractivity contribution in [2.75, 3.05) is 13.6 Å². The normalized spacial score (nSPS) is 18.3. The van der Waals surface area contributed by atoms with Crippen molar-refractivity contribution in [3.05, 3.63) is 129 Å². The molecule has 0 unspecified atom stereocenters. The second-order valence-electron chi connectivity index (χ2n) is 15.6. The summed E-state index contributed by atoms with van der Waals surface area (Å²) in [5.41, 5.74) is 8.38. The van der Waals surface area contributed by atoms with Gasteiger partial charge in [0.05, 0.1) is 18.2 Å². The molecule has 1 aliphatic rings. The second kappa shape index (κ2) is 20.2. The molecule has 0 aliphatic carbocycles. The first-order valence-electron chi connectivity index (χ1n) is 20.3. The number of aliphatic hydroxyl groups excluding tert-OH is 1. The van der Waals surface area contributed by atoms with Gasteiger partial charge in [0.25, 0.3) is 5.56 Å². The highest BCUT2D eigenvalue weighted by atomic mass is 16.5. The number of carboxylic acids is 1. The Hall–Kier alpha value is -7.09. The van der Waals surface area contributed by atoms with E-state index < -0.39 is 89.6 Å². The number of aliphatic carboxylic acids is 1. The van der Waals surface area contributed by atoms with Crippen LogP contribution < -0.4 is 38.2 Å². The molecule has 1 aliphatic heterocycles. The van der Waals surface area contributed by atoms with Gasteiger partial charge in [-0.05, 0) is 42.2 Å². The van der Waals surface area contributed by atoms with Crippen LogP contribution in [0.15, 0.2) is 107 Å². The fraction of sp³-hybridized carbons (Fsp3) is 0.341. The zero-order valence-electron chi connectivity index (χ0n) is 34.8. The summed E-state index contributed by atoms with van der Waals surface area (Å²) in [6.45, 7) is 2.80. The number of urea groups is 1. The molecular weight excluding hydrogens is 815 g/mol. The number of H-pyrrole nitrogens is 2. The molecule has 1 saturated heterocycles. The van der Waals surface area contributed by atoms with Gasteiger partial charge in [-0.3, -0.25) is 28.7 Å².